The summed E-state index contributed by atoms with van der Waals surface area (Å²) in [6, 6.07) is 0. The highest BCUT2D eigenvalue weighted by Crippen LogP contribution is 2.15. The van der Waals surface area contributed by atoms with E-state index >= 15 is 0 Å². The number of carbonyl (C=O) groups excluding carboxylic acids is 1. The molecule has 3 heteroatoms. The van der Waals surface area contributed by atoms with Gasteiger partial charge in [0, 0.05) is 19.0 Å². The van der Waals surface area contributed by atoms with E-state index in [2.05, 4.69) is 5.92 Å². The second kappa shape index (κ2) is 4.13. The molecular weight excluding hydrogens is 154 g/mol. The van der Waals surface area contributed by atoms with Crippen LogP contribution in [0.5, 0.6) is 0 Å². The molecule has 1 aliphatic heterocycles. The summed E-state index contributed by atoms with van der Waals surface area (Å²) in [5.41, 5.74) is 0. The minimum absolute atomic E-state index is 0.189. The lowest BCUT2D eigenvalue weighted by Crippen LogP contribution is -2.39. The first-order chi connectivity index (χ1) is 5.77. The lowest BCUT2D eigenvalue weighted by molar-refractivity contribution is -0.135. The number of hydrogen-bond donors (Lipinski definition) is 1. The topological polar surface area (TPSA) is 40.5 Å². The van der Waals surface area contributed by atoms with Crippen molar-refractivity contribution < 1.29 is 9.90 Å². The molecule has 0 radical (unpaired) electrons. The molecule has 1 N–H and O–H groups in total. The molecule has 0 unspecified atom stereocenters. The van der Waals surface area contributed by atoms with E-state index in [0.717, 1.165) is 12.8 Å². The molecule has 0 aromatic carbocycles. The van der Waals surface area contributed by atoms with E-state index in [4.69, 9.17) is 11.5 Å². The van der Waals surface area contributed by atoms with Gasteiger partial charge in [0.2, 0.25) is 5.91 Å². The molecule has 3 nitrogen and oxygen atoms in total. The Morgan fingerprint density at radius 3 is 2.58 bits per heavy atom. The predicted octanol–water partition coefficient (Wildman–Crippen LogP) is -0.150. The quantitative estimate of drug-likeness (QED) is 0.552. The van der Waals surface area contributed by atoms with Crippen LogP contribution in [0, 0.1) is 18.3 Å². The first-order valence-electron chi connectivity index (χ1n) is 4.12. The van der Waals surface area contributed by atoms with Crippen LogP contribution in [-0.2, 0) is 4.79 Å². The maximum Gasteiger partial charge on any atom is 0.248 e. The van der Waals surface area contributed by atoms with Gasteiger partial charge in [-0.2, -0.15) is 0 Å². The maximum atomic E-state index is 11.0. The van der Waals surface area contributed by atoms with Crippen molar-refractivity contribution in [2.24, 2.45) is 5.92 Å². The number of hydrogen-bond acceptors (Lipinski definition) is 2. The van der Waals surface area contributed by atoms with E-state index in [1.807, 2.05) is 0 Å². The summed E-state index contributed by atoms with van der Waals surface area (Å²) in [6.45, 7) is 0.989. The lowest BCUT2D eigenvalue weighted by atomic mass is 9.98. The Morgan fingerprint density at radius 2 is 2.17 bits per heavy atom. The molecule has 12 heavy (non-hydrogen) atoms. The van der Waals surface area contributed by atoms with Gasteiger partial charge < -0.3 is 10.0 Å². The van der Waals surface area contributed by atoms with Crippen LogP contribution in [0.3, 0.4) is 0 Å². The van der Waals surface area contributed by atoms with E-state index in [9.17, 15) is 4.79 Å². The molecule has 66 valence electrons. The van der Waals surface area contributed by atoms with Gasteiger partial charge in [0.15, 0.2) is 0 Å². The van der Waals surface area contributed by atoms with Crippen molar-refractivity contribution in [2.45, 2.75) is 12.8 Å². The van der Waals surface area contributed by atoms with Gasteiger partial charge in [-0.1, -0.05) is 0 Å². The number of piperidine rings is 1. The monoisotopic (exact) mass is 167 g/mol. The van der Waals surface area contributed by atoms with Gasteiger partial charge in [-0.3, -0.25) is 4.79 Å². The number of likely N-dealkylation sites (tertiary alicyclic amines) is 1. The molecule has 0 atom stereocenters. The third-order valence-electron chi connectivity index (χ3n) is 2.22. The van der Waals surface area contributed by atoms with Crippen LogP contribution >= 0.6 is 0 Å². The maximum absolute atomic E-state index is 11.0. The average Bonchev–Trinajstić information content (AvgIpc) is 2.17. The Bertz CT molecular complexity index is 199. The van der Waals surface area contributed by atoms with Crippen LogP contribution in [0.2, 0.25) is 0 Å². The molecular formula is C9H13NO2. The first kappa shape index (κ1) is 9.08. The molecule has 1 heterocycles. The zero-order chi connectivity index (χ0) is 8.97. The molecule has 1 amide bonds. The highest BCUT2D eigenvalue weighted by molar-refractivity contribution is 5.77. The molecule has 1 saturated heterocycles. The van der Waals surface area contributed by atoms with Crippen molar-refractivity contribution >= 4 is 5.91 Å². The van der Waals surface area contributed by atoms with Crippen LogP contribution in [0.25, 0.3) is 0 Å². The van der Waals surface area contributed by atoms with Crippen LogP contribution < -0.4 is 0 Å². The largest absolute Gasteiger partial charge is 0.387 e. The van der Waals surface area contributed by atoms with Crippen molar-refractivity contribution in [1.29, 1.82) is 0 Å². The highest BCUT2D eigenvalue weighted by Gasteiger charge is 2.20. The van der Waals surface area contributed by atoms with Gasteiger partial charge in [-0.25, -0.2) is 0 Å². The van der Waals surface area contributed by atoms with Crippen molar-refractivity contribution in [3.63, 3.8) is 0 Å². The molecule has 1 fully saturated rings. The number of amides is 1. The van der Waals surface area contributed by atoms with Gasteiger partial charge in [0.05, 0.1) is 0 Å². The molecule has 1 aliphatic rings. The standard InChI is InChI=1S/C9H13NO2/c1-2-8-3-5-10(6-4-8)9(12)7-11/h1,8,11H,3-7H2. The number of aliphatic hydroxyl groups excluding tert-OH is 1. The molecule has 1 rings (SSSR count). The van der Waals surface area contributed by atoms with Gasteiger partial charge in [-0.15, -0.1) is 12.3 Å². The molecule has 0 aromatic heterocycles. The number of aliphatic hydroxyl groups is 1. The number of nitrogens with zero attached hydrogens (tertiary/aromatic N) is 1. The van der Waals surface area contributed by atoms with Crippen LogP contribution in [-0.4, -0.2) is 35.6 Å². The minimum atomic E-state index is -0.388. The number of rotatable bonds is 1. The minimum Gasteiger partial charge on any atom is -0.387 e. The van der Waals surface area contributed by atoms with E-state index in [1.165, 1.54) is 0 Å². The normalized spacial score (nSPS) is 18.8. The summed E-state index contributed by atoms with van der Waals surface area (Å²) in [6.07, 6.45) is 6.98. The predicted molar refractivity (Wildman–Crippen MR) is 45.2 cm³/mol. The highest BCUT2D eigenvalue weighted by atomic mass is 16.3. The summed E-state index contributed by atoms with van der Waals surface area (Å²) in [5.74, 6) is 2.80. The van der Waals surface area contributed by atoms with Crippen molar-refractivity contribution in [3.8, 4) is 12.3 Å². The molecule has 0 aliphatic carbocycles. The Balaban J connectivity index is 2.37. The van der Waals surface area contributed by atoms with Gasteiger partial charge >= 0.3 is 0 Å². The number of carbonyl (C=O) groups is 1. The first-order valence-corrected chi connectivity index (χ1v) is 4.12. The fourth-order valence-corrected chi connectivity index (χ4v) is 1.40. The zero-order valence-corrected chi connectivity index (χ0v) is 6.99. The van der Waals surface area contributed by atoms with Gasteiger partial charge in [0.25, 0.3) is 0 Å². The molecule has 0 bridgehead atoms. The Morgan fingerprint density at radius 1 is 1.58 bits per heavy atom. The third kappa shape index (κ3) is 1.99. The van der Waals surface area contributed by atoms with Crippen molar-refractivity contribution in [3.05, 3.63) is 0 Å². The fraction of sp³-hybridized carbons (Fsp3) is 0.667. The lowest BCUT2D eigenvalue weighted by Gasteiger charge is -2.29. The fourth-order valence-electron chi connectivity index (χ4n) is 1.40. The molecule has 0 saturated carbocycles. The molecule has 0 spiro atoms. The second-order valence-corrected chi connectivity index (χ2v) is 2.98. The van der Waals surface area contributed by atoms with Crippen LogP contribution in [0.4, 0.5) is 0 Å². The summed E-state index contributed by atoms with van der Waals surface area (Å²) in [7, 11) is 0. The van der Waals surface area contributed by atoms with E-state index in [-0.39, 0.29) is 12.5 Å². The smallest absolute Gasteiger partial charge is 0.248 e. The van der Waals surface area contributed by atoms with Gasteiger partial charge in [-0.05, 0) is 12.8 Å². The van der Waals surface area contributed by atoms with E-state index in [0.29, 0.717) is 19.0 Å². The Labute approximate surface area is 72.4 Å². The summed E-state index contributed by atoms with van der Waals surface area (Å²) in [4.78, 5) is 12.6. The third-order valence-corrected chi connectivity index (χ3v) is 2.22. The Hall–Kier alpha value is -1.01. The molecule has 0 aromatic rings. The van der Waals surface area contributed by atoms with E-state index in [1.54, 1.807) is 4.90 Å². The van der Waals surface area contributed by atoms with Gasteiger partial charge in [0.1, 0.15) is 6.61 Å². The summed E-state index contributed by atoms with van der Waals surface area (Å²) >= 11 is 0. The van der Waals surface area contributed by atoms with Crippen molar-refractivity contribution in [1.82, 2.24) is 4.90 Å². The zero-order valence-electron chi connectivity index (χ0n) is 6.99. The summed E-state index contributed by atoms with van der Waals surface area (Å²) in [5, 5.41) is 8.58. The second-order valence-electron chi connectivity index (χ2n) is 2.98. The SMILES string of the molecule is C#CC1CCN(C(=O)CO)CC1. The van der Waals surface area contributed by atoms with Crippen molar-refractivity contribution in [2.75, 3.05) is 19.7 Å². The van der Waals surface area contributed by atoms with Crippen LogP contribution in [0.15, 0.2) is 0 Å². The average molecular weight is 167 g/mol. The van der Waals surface area contributed by atoms with E-state index < -0.39 is 0 Å². The summed E-state index contributed by atoms with van der Waals surface area (Å²) < 4.78 is 0. The van der Waals surface area contributed by atoms with Crippen LogP contribution in [0.1, 0.15) is 12.8 Å². The Kier molecular flexibility index (Phi) is 3.12. The number of terminal acetylenes is 1.